The predicted molar refractivity (Wildman–Crippen MR) is 111 cm³/mol. The van der Waals surface area contributed by atoms with E-state index in [2.05, 4.69) is 34.5 Å². The molecule has 1 saturated heterocycles. The van der Waals surface area contributed by atoms with E-state index < -0.39 is 11.6 Å². The molecule has 1 aromatic rings. The molecule has 0 saturated carbocycles. The number of rotatable bonds is 6. The van der Waals surface area contributed by atoms with Gasteiger partial charge >= 0.3 is 11.9 Å². The first-order chi connectivity index (χ1) is 13.8. The fourth-order valence-corrected chi connectivity index (χ4v) is 3.96. The highest BCUT2D eigenvalue weighted by Gasteiger charge is 2.38. The Morgan fingerprint density at radius 3 is 2.41 bits per heavy atom. The zero-order chi connectivity index (χ0) is 21.0. The molecule has 1 atom stereocenters. The average Bonchev–Trinajstić information content (AvgIpc) is 3.07. The van der Waals surface area contributed by atoms with Gasteiger partial charge in [0.05, 0.1) is 18.3 Å². The minimum Gasteiger partial charge on any atom is -0.466 e. The van der Waals surface area contributed by atoms with Gasteiger partial charge in [-0.25, -0.2) is 9.59 Å². The highest BCUT2D eigenvalue weighted by molar-refractivity contribution is 5.96. The lowest BCUT2D eigenvalue weighted by molar-refractivity contribution is -0.152. The number of hydrogen-bond acceptors (Lipinski definition) is 6. The molecule has 2 aliphatic heterocycles. The third-order valence-corrected chi connectivity index (χ3v) is 5.73. The number of esters is 2. The molecule has 0 aromatic heterocycles. The molecule has 29 heavy (non-hydrogen) atoms. The van der Waals surface area contributed by atoms with Crippen molar-refractivity contribution in [2.24, 2.45) is 0 Å². The highest BCUT2D eigenvalue weighted by atomic mass is 16.6. The Bertz CT molecular complexity index is 844. The molecule has 6 nitrogen and oxygen atoms in total. The van der Waals surface area contributed by atoms with Crippen molar-refractivity contribution in [3.63, 3.8) is 0 Å². The molecule has 156 valence electrons. The molecule has 0 radical (unpaired) electrons. The molecule has 3 rings (SSSR count). The van der Waals surface area contributed by atoms with Crippen molar-refractivity contribution in [1.82, 2.24) is 10.2 Å². The number of benzene rings is 1. The van der Waals surface area contributed by atoms with Crippen molar-refractivity contribution in [3.8, 4) is 0 Å². The van der Waals surface area contributed by atoms with Crippen molar-refractivity contribution >= 4 is 11.9 Å². The van der Waals surface area contributed by atoms with Crippen molar-refractivity contribution in [2.45, 2.75) is 45.6 Å². The molecule has 0 bridgehead atoms. The molecule has 1 N–H and O–H groups in total. The first kappa shape index (κ1) is 21.1. The van der Waals surface area contributed by atoms with Gasteiger partial charge in [-0.3, -0.25) is 4.90 Å². The highest BCUT2D eigenvalue weighted by Crippen LogP contribution is 2.30. The third-order valence-electron chi connectivity index (χ3n) is 5.73. The number of ether oxygens (including phenoxy) is 2. The summed E-state index contributed by atoms with van der Waals surface area (Å²) in [5.74, 6) is -0.789. The van der Waals surface area contributed by atoms with Gasteiger partial charge in [0, 0.05) is 43.9 Å². The Labute approximate surface area is 172 Å². The van der Waals surface area contributed by atoms with Crippen molar-refractivity contribution < 1.29 is 19.1 Å². The zero-order valence-electron chi connectivity index (χ0n) is 17.7. The Balaban J connectivity index is 1.58. The average molecular weight is 399 g/mol. The minimum atomic E-state index is -0.525. The molecule has 1 fully saturated rings. The van der Waals surface area contributed by atoms with Crippen LogP contribution in [0.1, 0.15) is 39.2 Å². The Morgan fingerprint density at radius 2 is 1.76 bits per heavy atom. The summed E-state index contributed by atoms with van der Waals surface area (Å²) < 4.78 is 10.8. The van der Waals surface area contributed by atoms with Crippen LogP contribution in [0.15, 0.2) is 52.9 Å². The number of likely N-dealkylation sites (tertiary alicyclic amines) is 1. The Morgan fingerprint density at radius 1 is 1.10 bits per heavy atom. The number of methoxy groups -OCH3 is 1. The molecule has 0 amide bonds. The standard InChI is InChI=1S/C23H30N2O4/c1-16-19(21(26)28-4)14-20(17(2)24-16)22(27)29-23(3)11-13-25(15-23)12-10-18-8-6-5-7-9-18/h5-9,24H,10-15H2,1-4H3. The third kappa shape index (κ3) is 5.07. The van der Waals surface area contributed by atoms with Crippen LogP contribution in [0, 0.1) is 0 Å². The first-order valence-electron chi connectivity index (χ1n) is 10.1. The summed E-state index contributed by atoms with van der Waals surface area (Å²) in [4.78, 5) is 27.2. The largest absolute Gasteiger partial charge is 0.466 e. The second-order valence-electron chi connectivity index (χ2n) is 8.10. The summed E-state index contributed by atoms with van der Waals surface area (Å²) in [5, 5.41) is 3.11. The van der Waals surface area contributed by atoms with Crippen LogP contribution in [0.4, 0.5) is 0 Å². The van der Waals surface area contributed by atoms with Gasteiger partial charge in [-0.2, -0.15) is 0 Å². The summed E-state index contributed by atoms with van der Waals surface area (Å²) in [6.45, 7) is 8.18. The molecule has 6 heteroatoms. The van der Waals surface area contributed by atoms with E-state index in [1.165, 1.54) is 12.7 Å². The zero-order valence-corrected chi connectivity index (χ0v) is 17.7. The number of dihydropyridines is 1. The molecule has 1 aromatic carbocycles. The van der Waals surface area contributed by atoms with Crippen LogP contribution in [0.25, 0.3) is 0 Å². The summed E-state index contributed by atoms with van der Waals surface area (Å²) in [7, 11) is 1.34. The second kappa shape index (κ2) is 8.82. The van der Waals surface area contributed by atoms with Gasteiger partial charge in [0.15, 0.2) is 0 Å². The maximum Gasteiger partial charge on any atom is 0.336 e. The van der Waals surface area contributed by atoms with E-state index in [1.54, 1.807) is 6.92 Å². The van der Waals surface area contributed by atoms with Gasteiger partial charge in [-0.1, -0.05) is 30.3 Å². The van der Waals surface area contributed by atoms with Gasteiger partial charge in [0.1, 0.15) is 5.60 Å². The van der Waals surface area contributed by atoms with Crippen LogP contribution in [-0.4, -0.2) is 49.2 Å². The normalized spacial score (nSPS) is 22.5. The van der Waals surface area contributed by atoms with E-state index in [0.29, 0.717) is 23.4 Å². The maximum atomic E-state index is 12.9. The summed E-state index contributed by atoms with van der Waals surface area (Å²) in [6.07, 6.45) is 2.00. The molecule has 2 heterocycles. The summed E-state index contributed by atoms with van der Waals surface area (Å²) in [6, 6.07) is 10.4. The molecule has 0 aliphatic carbocycles. The van der Waals surface area contributed by atoms with Crippen LogP contribution in [-0.2, 0) is 25.5 Å². The quantitative estimate of drug-likeness (QED) is 0.743. The molecule has 2 aliphatic rings. The number of nitrogens with one attached hydrogen (secondary N) is 1. The van der Waals surface area contributed by atoms with Gasteiger partial charge in [0.25, 0.3) is 0 Å². The van der Waals surface area contributed by atoms with E-state index in [0.717, 1.165) is 31.6 Å². The van der Waals surface area contributed by atoms with Gasteiger partial charge < -0.3 is 14.8 Å². The lowest BCUT2D eigenvalue weighted by Gasteiger charge is -2.28. The fraction of sp³-hybridized carbons (Fsp3) is 0.478. The number of allylic oxidation sites excluding steroid dienone is 2. The van der Waals surface area contributed by atoms with E-state index in [4.69, 9.17) is 9.47 Å². The minimum absolute atomic E-state index is 0.226. The lowest BCUT2D eigenvalue weighted by Crippen LogP contribution is -2.37. The fourth-order valence-electron chi connectivity index (χ4n) is 3.96. The monoisotopic (exact) mass is 398 g/mol. The SMILES string of the molecule is COC(=O)C1=C(C)NC(C)=C(C(=O)OC2(C)CCN(CCc3ccccc3)C2)C1. The van der Waals surface area contributed by atoms with Crippen LogP contribution in [0.2, 0.25) is 0 Å². The lowest BCUT2D eigenvalue weighted by atomic mass is 9.97. The van der Waals surface area contributed by atoms with Crippen LogP contribution >= 0.6 is 0 Å². The molecular weight excluding hydrogens is 368 g/mol. The molecule has 0 spiro atoms. The smallest absolute Gasteiger partial charge is 0.336 e. The van der Waals surface area contributed by atoms with Gasteiger partial charge in [-0.05, 0) is 32.8 Å². The second-order valence-corrected chi connectivity index (χ2v) is 8.10. The number of carbonyl (C=O) groups excluding carboxylic acids is 2. The van der Waals surface area contributed by atoms with Crippen molar-refractivity contribution in [3.05, 3.63) is 58.4 Å². The van der Waals surface area contributed by atoms with Gasteiger partial charge in [-0.15, -0.1) is 0 Å². The number of nitrogens with zero attached hydrogens (tertiary/aromatic N) is 1. The Kier molecular flexibility index (Phi) is 6.42. The van der Waals surface area contributed by atoms with Crippen LogP contribution < -0.4 is 5.32 Å². The predicted octanol–water partition coefficient (Wildman–Crippen LogP) is 2.95. The van der Waals surface area contributed by atoms with E-state index >= 15 is 0 Å². The number of hydrogen-bond donors (Lipinski definition) is 1. The topological polar surface area (TPSA) is 67.9 Å². The molecular formula is C23H30N2O4. The van der Waals surface area contributed by atoms with Crippen LogP contribution in [0.3, 0.4) is 0 Å². The Hall–Kier alpha value is -2.60. The van der Waals surface area contributed by atoms with Crippen LogP contribution in [0.5, 0.6) is 0 Å². The van der Waals surface area contributed by atoms with Crippen molar-refractivity contribution in [1.29, 1.82) is 0 Å². The van der Waals surface area contributed by atoms with Crippen molar-refractivity contribution in [2.75, 3.05) is 26.7 Å². The van der Waals surface area contributed by atoms with Gasteiger partial charge in [0.2, 0.25) is 0 Å². The summed E-state index contributed by atoms with van der Waals surface area (Å²) >= 11 is 0. The van der Waals surface area contributed by atoms with E-state index in [-0.39, 0.29) is 12.4 Å². The molecule has 1 unspecified atom stereocenters. The maximum absolute atomic E-state index is 12.9. The summed E-state index contributed by atoms with van der Waals surface area (Å²) in [5.41, 5.74) is 3.17. The van der Waals surface area contributed by atoms with E-state index in [1.807, 2.05) is 19.9 Å². The first-order valence-corrected chi connectivity index (χ1v) is 10.1. The van der Waals surface area contributed by atoms with E-state index in [9.17, 15) is 9.59 Å². The number of carbonyl (C=O) groups is 2.